The molecule has 3 heterocycles. The Balaban J connectivity index is 1.51. The van der Waals surface area contributed by atoms with Gasteiger partial charge in [0.2, 0.25) is 0 Å². The number of amides is 1. The van der Waals surface area contributed by atoms with Crippen LogP contribution in [0.5, 0.6) is 5.75 Å². The van der Waals surface area contributed by atoms with Gasteiger partial charge in [0.1, 0.15) is 11.6 Å². The van der Waals surface area contributed by atoms with E-state index < -0.39 is 5.85 Å². The third-order valence-electron chi connectivity index (χ3n) is 5.85. The Morgan fingerprint density at radius 1 is 1.06 bits per heavy atom. The molecule has 3 aromatic rings. The number of rotatable bonds is 2. The number of carbonyl (C=O) groups is 1. The zero-order valence-corrected chi connectivity index (χ0v) is 17.7. The highest BCUT2D eigenvalue weighted by Crippen LogP contribution is 2.52. The van der Waals surface area contributed by atoms with Crippen molar-refractivity contribution in [1.82, 2.24) is 10.3 Å². The Morgan fingerprint density at radius 3 is 2.62 bits per heavy atom. The van der Waals surface area contributed by atoms with Gasteiger partial charge in [-0.2, -0.15) is 5.10 Å². The molecule has 0 radical (unpaired) electrons. The maximum atomic E-state index is 13.4. The van der Waals surface area contributed by atoms with Crippen LogP contribution >= 0.6 is 11.8 Å². The predicted octanol–water partition coefficient (Wildman–Crippen LogP) is 5.52. The molecule has 3 aromatic carbocycles. The lowest BCUT2D eigenvalue weighted by atomic mass is 9.95. The number of fused-ring (bicyclic) bond motifs is 4. The van der Waals surface area contributed by atoms with Gasteiger partial charge in [-0.05, 0) is 47.2 Å². The second-order valence-corrected chi connectivity index (χ2v) is 8.85. The highest BCUT2D eigenvalue weighted by atomic mass is 32.2. The van der Waals surface area contributed by atoms with Gasteiger partial charge in [0.05, 0.1) is 16.7 Å². The zero-order chi connectivity index (χ0) is 21.7. The van der Waals surface area contributed by atoms with Crippen molar-refractivity contribution in [2.45, 2.75) is 18.3 Å². The fourth-order valence-electron chi connectivity index (χ4n) is 4.38. The van der Waals surface area contributed by atoms with E-state index in [1.54, 1.807) is 12.1 Å². The summed E-state index contributed by atoms with van der Waals surface area (Å²) >= 11 is 1.07. The monoisotopic (exact) mass is 443 g/mol. The first kappa shape index (κ1) is 19.1. The quantitative estimate of drug-likeness (QED) is 0.567. The number of thioether (sulfide) groups is 1. The van der Waals surface area contributed by atoms with E-state index in [1.807, 2.05) is 65.7 Å². The maximum Gasteiger partial charge on any atom is 0.314 e. The first-order valence-corrected chi connectivity index (χ1v) is 11.1. The molecular formula is C25H18FN3O2S. The Morgan fingerprint density at radius 2 is 1.81 bits per heavy atom. The number of para-hydroxylation sites is 1. The molecule has 32 heavy (non-hydrogen) atoms. The molecular weight excluding hydrogens is 425 g/mol. The fourth-order valence-corrected chi connectivity index (χ4v) is 5.29. The van der Waals surface area contributed by atoms with E-state index in [0.29, 0.717) is 17.1 Å². The van der Waals surface area contributed by atoms with E-state index in [1.165, 1.54) is 12.1 Å². The zero-order valence-electron chi connectivity index (χ0n) is 16.9. The highest BCUT2D eigenvalue weighted by molar-refractivity contribution is 8.17. The molecule has 1 N–H and O–H groups in total. The molecule has 1 amide bonds. The molecule has 2 atom stereocenters. The summed E-state index contributed by atoms with van der Waals surface area (Å²) in [4.78, 5) is 13.3. The second kappa shape index (κ2) is 7.24. The van der Waals surface area contributed by atoms with Crippen molar-refractivity contribution in [3.05, 3.63) is 106 Å². The van der Waals surface area contributed by atoms with Gasteiger partial charge < -0.3 is 4.74 Å². The number of hydrogen-bond donors (Lipinski definition) is 1. The average molecular weight is 444 g/mol. The minimum atomic E-state index is -1.26. The summed E-state index contributed by atoms with van der Waals surface area (Å²) in [6.45, 7) is 0. The minimum Gasteiger partial charge on any atom is -0.444 e. The number of nitrogens with zero attached hydrogens (tertiary/aromatic N) is 2. The third-order valence-corrected chi connectivity index (χ3v) is 6.75. The normalized spacial score (nSPS) is 24.7. The Kier molecular flexibility index (Phi) is 4.33. The Bertz CT molecular complexity index is 1280. The molecule has 5 nitrogen and oxygen atoms in total. The second-order valence-electron chi connectivity index (χ2n) is 7.84. The van der Waals surface area contributed by atoms with E-state index >= 15 is 0 Å². The van der Waals surface area contributed by atoms with Gasteiger partial charge in [-0.25, -0.2) is 9.40 Å². The largest absolute Gasteiger partial charge is 0.444 e. The molecule has 7 heteroatoms. The van der Waals surface area contributed by atoms with Gasteiger partial charge >= 0.3 is 5.85 Å². The lowest BCUT2D eigenvalue weighted by molar-refractivity contribution is -0.0949. The summed E-state index contributed by atoms with van der Waals surface area (Å²) in [6, 6.07) is 23.9. The number of halogens is 1. The van der Waals surface area contributed by atoms with Crippen LogP contribution in [0.1, 0.15) is 29.2 Å². The van der Waals surface area contributed by atoms with Crippen LogP contribution in [0, 0.1) is 5.82 Å². The molecule has 3 aliphatic heterocycles. The van der Waals surface area contributed by atoms with E-state index in [9.17, 15) is 9.18 Å². The minimum absolute atomic E-state index is 0.0919. The van der Waals surface area contributed by atoms with Crippen LogP contribution in [0.15, 0.2) is 88.9 Å². The van der Waals surface area contributed by atoms with E-state index in [2.05, 4.69) is 5.32 Å². The molecule has 0 unspecified atom stereocenters. The highest BCUT2D eigenvalue weighted by Gasteiger charge is 2.58. The van der Waals surface area contributed by atoms with Crippen LogP contribution < -0.4 is 10.1 Å². The van der Waals surface area contributed by atoms with Crippen molar-refractivity contribution in [3.63, 3.8) is 0 Å². The summed E-state index contributed by atoms with van der Waals surface area (Å²) < 4.78 is 19.9. The van der Waals surface area contributed by atoms with Gasteiger partial charge in [0, 0.05) is 12.0 Å². The molecule has 0 aliphatic carbocycles. The van der Waals surface area contributed by atoms with Gasteiger partial charge in [0.25, 0.3) is 5.24 Å². The number of hydrogen-bond acceptors (Lipinski definition) is 5. The first-order chi connectivity index (χ1) is 15.6. The SMILES string of the molecule is O=C1N[C@]2(Oc3ccccc3[C@H]3CC(c4ccccc4)=NN32)/C(=C/c2ccc(F)cc2)S1. The molecule has 0 saturated carbocycles. The van der Waals surface area contributed by atoms with E-state index in [0.717, 1.165) is 34.2 Å². The molecule has 0 aromatic heterocycles. The lowest BCUT2D eigenvalue weighted by Gasteiger charge is -2.45. The van der Waals surface area contributed by atoms with E-state index in [4.69, 9.17) is 9.84 Å². The molecule has 1 spiro atoms. The van der Waals surface area contributed by atoms with Crippen molar-refractivity contribution < 1.29 is 13.9 Å². The van der Waals surface area contributed by atoms with Crippen molar-refractivity contribution in [2.75, 3.05) is 0 Å². The van der Waals surface area contributed by atoms with Crippen molar-refractivity contribution in [3.8, 4) is 5.75 Å². The summed E-state index contributed by atoms with van der Waals surface area (Å²) in [6.07, 6.45) is 2.54. The van der Waals surface area contributed by atoms with Gasteiger partial charge in [0.15, 0.2) is 0 Å². The smallest absolute Gasteiger partial charge is 0.314 e. The maximum absolute atomic E-state index is 13.4. The molecule has 1 saturated heterocycles. The van der Waals surface area contributed by atoms with Crippen LogP contribution in [0.3, 0.4) is 0 Å². The van der Waals surface area contributed by atoms with Crippen LogP contribution in [-0.4, -0.2) is 21.8 Å². The van der Waals surface area contributed by atoms with Crippen molar-refractivity contribution >= 4 is 28.8 Å². The predicted molar refractivity (Wildman–Crippen MR) is 122 cm³/mol. The number of hydrazone groups is 1. The molecule has 1 fully saturated rings. The number of carbonyl (C=O) groups excluding carboxylic acids is 1. The first-order valence-electron chi connectivity index (χ1n) is 10.3. The number of benzene rings is 3. The summed E-state index contributed by atoms with van der Waals surface area (Å²) in [5.74, 6) is -0.855. The topological polar surface area (TPSA) is 53.9 Å². The van der Waals surface area contributed by atoms with Crippen LogP contribution in [0.25, 0.3) is 6.08 Å². The molecule has 158 valence electrons. The van der Waals surface area contributed by atoms with Crippen molar-refractivity contribution in [1.29, 1.82) is 0 Å². The van der Waals surface area contributed by atoms with Crippen LogP contribution in [0.4, 0.5) is 9.18 Å². The Labute approximate surface area is 188 Å². The average Bonchev–Trinajstić information content (AvgIpc) is 3.39. The summed E-state index contributed by atoms with van der Waals surface area (Å²) in [5, 5.41) is 9.61. The number of ether oxygens (including phenoxy) is 1. The van der Waals surface area contributed by atoms with Crippen LogP contribution in [0.2, 0.25) is 0 Å². The fraction of sp³-hybridized carbons (Fsp3) is 0.120. The van der Waals surface area contributed by atoms with Gasteiger partial charge in [-0.1, -0.05) is 60.7 Å². The van der Waals surface area contributed by atoms with Gasteiger partial charge in [-0.3, -0.25) is 10.1 Å². The standard InChI is InChI=1S/C25H18FN3O2S/c26-18-12-10-16(11-13-18)14-23-25(27-24(30)32-23)29-21(19-8-4-5-9-22(19)31-25)15-20(28-29)17-6-2-1-3-7-17/h1-14,21H,15H2,(H,27,30)/b23-14-/t21-,25-/m1/s1. The molecule has 3 aliphatic rings. The molecule has 6 rings (SSSR count). The third kappa shape index (κ3) is 3.00. The van der Waals surface area contributed by atoms with Gasteiger partial charge in [-0.15, -0.1) is 0 Å². The molecule has 0 bridgehead atoms. The van der Waals surface area contributed by atoms with Crippen molar-refractivity contribution in [2.24, 2.45) is 5.10 Å². The van der Waals surface area contributed by atoms with Crippen LogP contribution in [-0.2, 0) is 0 Å². The lowest BCUT2D eigenvalue weighted by Crippen LogP contribution is -2.61. The number of nitrogens with one attached hydrogen (secondary N) is 1. The van der Waals surface area contributed by atoms with E-state index in [-0.39, 0.29) is 17.1 Å². The Hall–Kier alpha value is -3.58. The summed E-state index contributed by atoms with van der Waals surface area (Å²) in [5.41, 5.74) is 3.77. The summed E-state index contributed by atoms with van der Waals surface area (Å²) in [7, 11) is 0.